The van der Waals surface area contributed by atoms with E-state index in [0.717, 1.165) is 25.7 Å². The lowest BCUT2D eigenvalue weighted by Gasteiger charge is -2.20. The van der Waals surface area contributed by atoms with Crippen LogP contribution in [0.2, 0.25) is 0 Å². The second-order valence-corrected chi connectivity index (χ2v) is 7.49. The number of ether oxygens (including phenoxy) is 1. The van der Waals surface area contributed by atoms with E-state index in [2.05, 4.69) is 26.3 Å². The van der Waals surface area contributed by atoms with E-state index in [0.29, 0.717) is 12.3 Å². The van der Waals surface area contributed by atoms with Gasteiger partial charge in [-0.25, -0.2) is 0 Å². The number of nitrogens with one attached hydrogen (secondary N) is 1. The molecule has 1 aromatic heterocycles. The van der Waals surface area contributed by atoms with Crippen LogP contribution < -0.4 is 5.32 Å². The van der Waals surface area contributed by atoms with Gasteiger partial charge in [-0.2, -0.15) is 18.3 Å². The topological polar surface area (TPSA) is 56.2 Å². The Morgan fingerprint density at radius 2 is 2.16 bits per heavy atom. The third-order valence-electron chi connectivity index (χ3n) is 4.63. The Labute approximate surface area is 152 Å². The number of hydrogen-bond donors (Lipinski definition) is 1. The van der Waals surface area contributed by atoms with Gasteiger partial charge < -0.3 is 10.1 Å². The Kier molecular flexibility index (Phi) is 5.43. The SMILES string of the molecule is C[C@H](NC(=O)CCn1nc(C(F)(F)F)c(Br)c1C1CC1)[C@H]1CCCO1. The molecule has 1 aliphatic carbocycles. The molecule has 0 aromatic carbocycles. The molecule has 0 spiro atoms. The molecule has 9 heteroatoms. The van der Waals surface area contributed by atoms with Gasteiger partial charge in [-0.1, -0.05) is 0 Å². The first-order valence-corrected chi connectivity index (χ1v) is 9.31. The Morgan fingerprint density at radius 3 is 2.72 bits per heavy atom. The number of aromatic nitrogens is 2. The molecule has 1 amide bonds. The molecule has 2 heterocycles. The highest BCUT2D eigenvalue weighted by atomic mass is 79.9. The Hall–Kier alpha value is -1.09. The number of amides is 1. The Balaban J connectivity index is 1.63. The van der Waals surface area contributed by atoms with Crippen LogP contribution in [0.5, 0.6) is 0 Å². The molecule has 2 atom stereocenters. The summed E-state index contributed by atoms with van der Waals surface area (Å²) in [6, 6.07) is -0.104. The monoisotopic (exact) mass is 423 g/mol. The third kappa shape index (κ3) is 4.36. The van der Waals surface area contributed by atoms with Gasteiger partial charge in [0.05, 0.1) is 28.9 Å². The maximum absolute atomic E-state index is 13.1. The molecule has 140 valence electrons. The summed E-state index contributed by atoms with van der Waals surface area (Å²) in [6.07, 6.45) is -0.812. The standard InChI is InChI=1S/C16H21BrF3N3O2/c1-9(11-3-2-8-25-11)21-12(24)6-7-23-14(10-4-5-10)13(17)15(22-23)16(18,19)20/h9-11H,2-8H2,1H3,(H,21,24)/t9-,11+/m0/s1. The maximum Gasteiger partial charge on any atom is 0.436 e. The fourth-order valence-corrected chi connectivity index (χ4v) is 4.01. The average Bonchev–Trinajstić information content (AvgIpc) is 3.08. The summed E-state index contributed by atoms with van der Waals surface area (Å²) >= 11 is 3.05. The minimum Gasteiger partial charge on any atom is -0.376 e. The van der Waals surface area contributed by atoms with Crippen molar-refractivity contribution in [2.75, 3.05) is 6.61 Å². The Bertz CT molecular complexity index is 637. The molecule has 1 N–H and O–H groups in total. The number of nitrogens with zero attached hydrogens (tertiary/aromatic N) is 2. The first-order valence-electron chi connectivity index (χ1n) is 8.51. The van der Waals surface area contributed by atoms with Crippen molar-refractivity contribution in [2.24, 2.45) is 0 Å². The molecule has 2 fully saturated rings. The average molecular weight is 424 g/mol. The van der Waals surface area contributed by atoms with Gasteiger partial charge in [0.25, 0.3) is 0 Å². The molecule has 1 aromatic rings. The number of alkyl halides is 3. The fraction of sp³-hybridized carbons (Fsp3) is 0.750. The largest absolute Gasteiger partial charge is 0.436 e. The number of halogens is 4. The van der Waals surface area contributed by atoms with Gasteiger partial charge in [-0.3, -0.25) is 9.48 Å². The van der Waals surface area contributed by atoms with Crippen LogP contribution in [-0.2, 0) is 22.3 Å². The third-order valence-corrected chi connectivity index (χ3v) is 5.41. The number of rotatable bonds is 6. The minimum atomic E-state index is -4.51. The molecule has 1 saturated heterocycles. The van der Waals surface area contributed by atoms with E-state index in [1.54, 1.807) is 0 Å². The molecule has 1 saturated carbocycles. The summed E-state index contributed by atoms with van der Waals surface area (Å²) in [5.41, 5.74) is -0.366. The summed E-state index contributed by atoms with van der Waals surface area (Å²) in [5, 5.41) is 6.58. The lowest BCUT2D eigenvalue weighted by Crippen LogP contribution is -2.41. The fourth-order valence-electron chi connectivity index (χ4n) is 3.17. The lowest BCUT2D eigenvalue weighted by atomic mass is 10.1. The molecular weight excluding hydrogens is 403 g/mol. The second-order valence-electron chi connectivity index (χ2n) is 6.70. The van der Waals surface area contributed by atoms with Crippen molar-refractivity contribution in [3.8, 4) is 0 Å². The van der Waals surface area contributed by atoms with E-state index in [4.69, 9.17) is 4.74 Å². The van der Waals surface area contributed by atoms with E-state index < -0.39 is 11.9 Å². The van der Waals surface area contributed by atoms with Gasteiger partial charge in [0, 0.05) is 18.9 Å². The first-order chi connectivity index (χ1) is 11.8. The van der Waals surface area contributed by atoms with Crippen molar-refractivity contribution in [1.82, 2.24) is 15.1 Å². The molecule has 25 heavy (non-hydrogen) atoms. The van der Waals surface area contributed by atoms with Gasteiger partial charge >= 0.3 is 6.18 Å². The molecule has 1 aliphatic heterocycles. The quantitative estimate of drug-likeness (QED) is 0.759. The van der Waals surface area contributed by atoms with Crippen LogP contribution in [0, 0.1) is 0 Å². The van der Waals surface area contributed by atoms with Gasteiger partial charge in [-0.05, 0) is 48.5 Å². The Morgan fingerprint density at radius 1 is 1.44 bits per heavy atom. The predicted molar refractivity (Wildman–Crippen MR) is 88.1 cm³/mol. The number of hydrogen-bond acceptors (Lipinski definition) is 3. The molecular formula is C16H21BrF3N3O2. The normalized spacial score (nSPS) is 22.2. The smallest absolute Gasteiger partial charge is 0.376 e. The van der Waals surface area contributed by atoms with E-state index in [9.17, 15) is 18.0 Å². The van der Waals surface area contributed by atoms with E-state index >= 15 is 0 Å². The van der Waals surface area contributed by atoms with Crippen LogP contribution in [0.15, 0.2) is 4.47 Å². The zero-order valence-corrected chi connectivity index (χ0v) is 15.5. The van der Waals surface area contributed by atoms with Crippen LogP contribution >= 0.6 is 15.9 Å². The van der Waals surface area contributed by atoms with Crippen molar-refractivity contribution >= 4 is 21.8 Å². The van der Waals surface area contributed by atoms with E-state index in [1.807, 2.05) is 6.92 Å². The van der Waals surface area contributed by atoms with Crippen molar-refractivity contribution < 1.29 is 22.7 Å². The van der Waals surface area contributed by atoms with Gasteiger partial charge in [-0.15, -0.1) is 0 Å². The summed E-state index contributed by atoms with van der Waals surface area (Å²) in [7, 11) is 0. The van der Waals surface area contributed by atoms with Crippen molar-refractivity contribution in [1.29, 1.82) is 0 Å². The summed E-state index contributed by atoms with van der Waals surface area (Å²) < 4.78 is 46.1. The van der Waals surface area contributed by atoms with Crippen molar-refractivity contribution in [3.63, 3.8) is 0 Å². The van der Waals surface area contributed by atoms with Gasteiger partial charge in [0.2, 0.25) is 5.91 Å². The number of carbonyl (C=O) groups is 1. The lowest BCUT2D eigenvalue weighted by molar-refractivity contribution is -0.142. The molecule has 0 radical (unpaired) electrons. The maximum atomic E-state index is 13.1. The van der Waals surface area contributed by atoms with Gasteiger partial charge in [0.15, 0.2) is 5.69 Å². The highest BCUT2D eigenvalue weighted by Crippen LogP contribution is 2.47. The molecule has 2 aliphatic rings. The van der Waals surface area contributed by atoms with Gasteiger partial charge in [0.1, 0.15) is 0 Å². The molecule has 0 bridgehead atoms. The second kappa shape index (κ2) is 7.26. The number of carbonyl (C=O) groups excluding carboxylic acids is 1. The first kappa shape index (κ1) is 18.7. The molecule has 3 rings (SSSR count). The van der Waals surface area contributed by atoms with Crippen LogP contribution in [0.1, 0.15) is 56.3 Å². The number of aryl methyl sites for hydroxylation is 1. The van der Waals surface area contributed by atoms with E-state index in [1.165, 1.54) is 4.68 Å². The molecule has 0 unspecified atom stereocenters. The highest BCUT2D eigenvalue weighted by molar-refractivity contribution is 9.10. The summed E-state index contributed by atoms with van der Waals surface area (Å²) in [5.74, 6) is -0.114. The minimum absolute atomic E-state index is 0.00984. The van der Waals surface area contributed by atoms with Crippen LogP contribution in [0.3, 0.4) is 0 Å². The zero-order valence-electron chi connectivity index (χ0n) is 13.9. The predicted octanol–water partition coefficient (Wildman–Crippen LogP) is 3.62. The van der Waals surface area contributed by atoms with Crippen molar-refractivity contribution in [2.45, 2.75) is 69.8 Å². The zero-order chi connectivity index (χ0) is 18.2. The highest BCUT2D eigenvalue weighted by Gasteiger charge is 2.41. The van der Waals surface area contributed by atoms with Crippen LogP contribution in [0.4, 0.5) is 13.2 Å². The van der Waals surface area contributed by atoms with Crippen molar-refractivity contribution in [3.05, 3.63) is 15.9 Å². The summed E-state index contributed by atoms with van der Waals surface area (Å²) in [6.45, 7) is 2.72. The van der Waals surface area contributed by atoms with E-state index in [-0.39, 0.29) is 41.4 Å². The molecule has 5 nitrogen and oxygen atoms in total. The summed E-state index contributed by atoms with van der Waals surface area (Å²) in [4.78, 5) is 12.1. The van der Waals surface area contributed by atoms with Crippen LogP contribution in [-0.4, -0.2) is 34.4 Å². The van der Waals surface area contributed by atoms with Crippen LogP contribution in [0.25, 0.3) is 0 Å².